The number of fused-ring (bicyclic) bond motifs is 1. The molecule has 3 nitrogen and oxygen atoms in total. The maximum absolute atomic E-state index is 6.09. The second kappa shape index (κ2) is 3.86. The molecule has 0 N–H and O–H groups in total. The maximum atomic E-state index is 6.09. The van der Waals surface area contributed by atoms with E-state index in [-0.39, 0.29) is 0 Å². The standard InChI is InChI=1S/C13H10ClN3/c1-17-11-7-3-2-6-10(11)16-13(17)9-5-4-8-15-12(9)14/h2-8H,1H3. The summed E-state index contributed by atoms with van der Waals surface area (Å²) in [5.41, 5.74) is 2.90. The third-order valence-corrected chi connectivity index (χ3v) is 3.09. The Morgan fingerprint density at radius 1 is 1.12 bits per heavy atom. The van der Waals surface area contributed by atoms with Gasteiger partial charge < -0.3 is 4.57 Å². The number of hydrogen-bond donors (Lipinski definition) is 0. The van der Waals surface area contributed by atoms with Gasteiger partial charge in [0.25, 0.3) is 0 Å². The van der Waals surface area contributed by atoms with E-state index in [1.54, 1.807) is 6.20 Å². The molecule has 4 heteroatoms. The number of hydrogen-bond acceptors (Lipinski definition) is 2. The average molecular weight is 244 g/mol. The minimum absolute atomic E-state index is 0.478. The highest BCUT2D eigenvalue weighted by molar-refractivity contribution is 6.32. The van der Waals surface area contributed by atoms with Crippen LogP contribution in [0.1, 0.15) is 0 Å². The van der Waals surface area contributed by atoms with Gasteiger partial charge in [0.05, 0.1) is 16.6 Å². The first kappa shape index (κ1) is 10.3. The molecule has 0 spiro atoms. The highest BCUT2D eigenvalue weighted by atomic mass is 35.5. The minimum atomic E-state index is 0.478. The summed E-state index contributed by atoms with van der Waals surface area (Å²) in [6, 6.07) is 11.8. The molecule has 3 rings (SSSR count). The quantitative estimate of drug-likeness (QED) is 0.614. The van der Waals surface area contributed by atoms with Crippen LogP contribution in [-0.4, -0.2) is 14.5 Å². The number of halogens is 1. The molecule has 0 aliphatic rings. The van der Waals surface area contributed by atoms with Crippen LogP contribution in [-0.2, 0) is 7.05 Å². The van der Waals surface area contributed by atoms with Crippen molar-refractivity contribution in [3.8, 4) is 11.4 Å². The van der Waals surface area contributed by atoms with Crippen molar-refractivity contribution in [2.75, 3.05) is 0 Å². The number of pyridine rings is 1. The van der Waals surface area contributed by atoms with Gasteiger partial charge in [0.2, 0.25) is 0 Å². The van der Waals surface area contributed by atoms with Crippen LogP contribution >= 0.6 is 11.6 Å². The Morgan fingerprint density at radius 3 is 2.71 bits per heavy atom. The first-order valence-electron chi connectivity index (χ1n) is 5.30. The van der Waals surface area contributed by atoms with Crippen molar-refractivity contribution in [3.05, 3.63) is 47.7 Å². The van der Waals surface area contributed by atoms with Gasteiger partial charge in [-0.1, -0.05) is 23.7 Å². The fourth-order valence-corrected chi connectivity index (χ4v) is 2.14. The second-order valence-electron chi connectivity index (χ2n) is 3.82. The molecule has 0 unspecified atom stereocenters. The maximum Gasteiger partial charge on any atom is 0.143 e. The summed E-state index contributed by atoms with van der Waals surface area (Å²) in [4.78, 5) is 8.66. The summed E-state index contributed by atoms with van der Waals surface area (Å²) in [5, 5.41) is 0.478. The first-order valence-corrected chi connectivity index (χ1v) is 5.67. The van der Waals surface area contributed by atoms with Gasteiger partial charge in [-0.2, -0.15) is 0 Å². The van der Waals surface area contributed by atoms with E-state index in [9.17, 15) is 0 Å². The summed E-state index contributed by atoms with van der Waals surface area (Å²) in [5.74, 6) is 0.837. The summed E-state index contributed by atoms with van der Waals surface area (Å²) >= 11 is 6.09. The first-order chi connectivity index (χ1) is 8.27. The monoisotopic (exact) mass is 243 g/mol. The molecule has 84 valence electrons. The van der Waals surface area contributed by atoms with Gasteiger partial charge in [0.1, 0.15) is 11.0 Å². The highest BCUT2D eigenvalue weighted by Gasteiger charge is 2.12. The molecule has 17 heavy (non-hydrogen) atoms. The zero-order valence-electron chi connectivity index (χ0n) is 9.26. The molecular weight excluding hydrogens is 234 g/mol. The molecule has 2 aromatic heterocycles. The van der Waals surface area contributed by atoms with Gasteiger partial charge in [-0.3, -0.25) is 0 Å². The van der Waals surface area contributed by atoms with Crippen molar-refractivity contribution in [1.82, 2.24) is 14.5 Å². The molecule has 0 aliphatic heterocycles. The molecule has 0 amide bonds. The van der Waals surface area contributed by atoms with Crippen LogP contribution in [0.5, 0.6) is 0 Å². The van der Waals surface area contributed by atoms with Crippen molar-refractivity contribution >= 4 is 22.6 Å². The van der Waals surface area contributed by atoms with Crippen LogP contribution in [0.25, 0.3) is 22.4 Å². The van der Waals surface area contributed by atoms with Gasteiger partial charge in [-0.15, -0.1) is 0 Å². The summed E-state index contributed by atoms with van der Waals surface area (Å²) in [6.07, 6.45) is 1.68. The van der Waals surface area contributed by atoms with E-state index in [1.807, 2.05) is 48.0 Å². The molecule has 0 radical (unpaired) electrons. The average Bonchev–Trinajstić information content (AvgIpc) is 2.68. The molecule has 0 bridgehead atoms. The molecule has 1 aromatic carbocycles. The topological polar surface area (TPSA) is 30.7 Å². The van der Waals surface area contributed by atoms with Crippen LogP contribution in [0, 0.1) is 0 Å². The van der Waals surface area contributed by atoms with Gasteiger partial charge in [-0.05, 0) is 24.3 Å². The fourth-order valence-electron chi connectivity index (χ4n) is 1.94. The van der Waals surface area contributed by atoms with E-state index < -0.39 is 0 Å². The van der Waals surface area contributed by atoms with E-state index in [1.165, 1.54) is 0 Å². The molecule has 2 heterocycles. The smallest absolute Gasteiger partial charge is 0.143 e. The number of nitrogens with zero attached hydrogens (tertiary/aromatic N) is 3. The van der Waals surface area contributed by atoms with Crippen LogP contribution in [0.4, 0.5) is 0 Å². The number of imidazole rings is 1. The lowest BCUT2D eigenvalue weighted by atomic mass is 10.3. The Hall–Kier alpha value is -1.87. The lowest BCUT2D eigenvalue weighted by molar-refractivity contribution is 0.957. The van der Waals surface area contributed by atoms with E-state index in [4.69, 9.17) is 11.6 Å². The molecule has 0 aliphatic carbocycles. The van der Waals surface area contributed by atoms with Crippen LogP contribution in [0.15, 0.2) is 42.6 Å². The highest BCUT2D eigenvalue weighted by Crippen LogP contribution is 2.27. The normalized spacial score (nSPS) is 10.9. The van der Waals surface area contributed by atoms with Crippen LogP contribution in [0.2, 0.25) is 5.15 Å². The molecule has 3 aromatic rings. The summed E-state index contributed by atoms with van der Waals surface area (Å²) in [7, 11) is 1.98. The fraction of sp³-hybridized carbons (Fsp3) is 0.0769. The molecule has 0 fully saturated rings. The Balaban J connectivity index is 2.32. The van der Waals surface area contributed by atoms with Gasteiger partial charge in [0, 0.05) is 13.2 Å². The van der Waals surface area contributed by atoms with Crippen LogP contribution < -0.4 is 0 Å². The summed E-state index contributed by atoms with van der Waals surface area (Å²) < 4.78 is 2.03. The predicted molar refractivity (Wildman–Crippen MR) is 69.0 cm³/mol. The predicted octanol–water partition coefficient (Wildman–Crippen LogP) is 3.29. The zero-order valence-corrected chi connectivity index (χ0v) is 10.0. The van der Waals surface area contributed by atoms with Crippen molar-refractivity contribution < 1.29 is 0 Å². The van der Waals surface area contributed by atoms with E-state index in [0.717, 1.165) is 22.4 Å². The third kappa shape index (κ3) is 1.59. The van der Waals surface area contributed by atoms with Gasteiger partial charge in [-0.25, -0.2) is 9.97 Å². The van der Waals surface area contributed by atoms with E-state index >= 15 is 0 Å². The Bertz CT molecular complexity index is 688. The molecular formula is C13H10ClN3. The molecule has 0 atom stereocenters. The second-order valence-corrected chi connectivity index (χ2v) is 4.18. The lowest BCUT2D eigenvalue weighted by Crippen LogP contribution is -1.93. The zero-order chi connectivity index (χ0) is 11.8. The van der Waals surface area contributed by atoms with Gasteiger partial charge >= 0.3 is 0 Å². The number of aryl methyl sites for hydroxylation is 1. The van der Waals surface area contributed by atoms with E-state index in [2.05, 4.69) is 9.97 Å². The lowest BCUT2D eigenvalue weighted by Gasteiger charge is -2.03. The molecule has 0 saturated carbocycles. The Kier molecular flexibility index (Phi) is 2.34. The number of aromatic nitrogens is 3. The number of para-hydroxylation sites is 2. The molecule has 0 saturated heterocycles. The van der Waals surface area contributed by atoms with Crippen molar-refractivity contribution in [2.24, 2.45) is 7.05 Å². The Labute approximate surface area is 104 Å². The van der Waals surface area contributed by atoms with Crippen molar-refractivity contribution in [3.63, 3.8) is 0 Å². The number of benzene rings is 1. The van der Waals surface area contributed by atoms with E-state index in [0.29, 0.717) is 5.15 Å². The van der Waals surface area contributed by atoms with Crippen molar-refractivity contribution in [2.45, 2.75) is 0 Å². The summed E-state index contributed by atoms with van der Waals surface area (Å²) in [6.45, 7) is 0. The van der Waals surface area contributed by atoms with Gasteiger partial charge in [0.15, 0.2) is 0 Å². The minimum Gasteiger partial charge on any atom is -0.327 e. The largest absolute Gasteiger partial charge is 0.327 e. The third-order valence-electron chi connectivity index (χ3n) is 2.79. The van der Waals surface area contributed by atoms with Crippen molar-refractivity contribution in [1.29, 1.82) is 0 Å². The van der Waals surface area contributed by atoms with Crippen LogP contribution in [0.3, 0.4) is 0 Å². The Morgan fingerprint density at radius 2 is 1.94 bits per heavy atom. The SMILES string of the molecule is Cn1c(-c2cccnc2Cl)nc2ccccc21. The number of rotatable bonds is 1.